The third kappa shape index (κ3) is 3.37. The molecule has 1 rings (SSSR count). The van der Waals surface area contributed by atoms with Crippen LogP contribution in [0.25, 0.3) is 0 Å². The number of nitrogens with zero attached hydrogens (tertiary/aromatic N) is 2. The lowest BCUT2D eigenvalue weighted by Crippen LogP contribution is -2.13. The first-order valence-electron chi connectivity index (χ1n) is 4.33. The van der Waals surface area contributed by atoms with Gasteiger partial charge in [-0.2, -0.15) is 5.10 Å². The normalized spacial score (nSPS) is 11.1. The second-order valence-electron chi connectivity index (χ2n) is 2.67. The van der Waals surface area contributed by atoms with Crippen molar-refractivity contribution in [3.8, 4) is 0 Å². The van der Waals surface area contributed by atoms with Gasteiger partial charge in [0.1, 0.15) is 4.92 Å². The van der Waals surface area contributed by atoms with E-state index in [0.717, 1.165) is 0 Å². The van der Waals surface area contributed by atoms with E-state index in [-0.39, 0.29) is 17.6 Å². The minimum atomic E-state index is -0.657. The Morgan fingerprint density at radius 3 is 2.94 bits per heavy atom. The van der Waals surface area contributed by atoms with Gasteiger partial charge in [-0.15, -0.1) is 0 Å². The van der Waals surface area contributed by atoms with Gasteiger partial charge in [0.05, 0.1) is 12.3 Å². The lowest BCUT2D eigenvalue weighted by molar-refractivity contribution is -0.402. The minimum Gasteiger partial charge on any atom is -0.400 e. The molecule has 0 aliphatic heterocycles. The Bertz CT molecular complexity index is 447. The Balaban J connectivity index is 2.56. The average Bonchev–Trinajstić information content (AvgIpc) is 2.67. The summed E-state index contributed by atoms with van der Waals surface area (Å²) in [5, 5.41) is 13.8. The maximum Gasteiger partial charge on any atom is 0.433 e. The molecular weight excluding hydrogens is 214 g/mol. The summed E-state index contributed by atoms with van der Waals surface area (Å²) in [6.07, 6.45) is 4.03. The van der Waals surface area contributed by atoms with E-state index in [1.165, 1.54) is 24.4 Å². The first kappa shape index (κ1) is 11.6. The van der Waals surface area contributed by atoms with Gasteiger partial charge in [0.15, 0.2) is 5.76 Å². The van der Waals surface area contributed by atoms with Gasteiger partial charge in [0.25, 0.3) is 5.91 Å². The van der Waals surface area contributed by atoms with Crippen LogP contribution in [0.1, 0.15) is 12.7 Å². The number of rotatable bonds is 4. The fraction of sp³-hybridized carbons (Fsp3) is 0.111. The van der Waals surface area contributed by atoms with Gasteiger partial charge in [-0.1, -0.05) is 6.08 Å². The number of hydrogen-bond acceptors (Lipinski definition) is 5. The molecule has 1 aromatic rings. The van der Waals surface area contributed by atoms with Crippen LogP contribution in [-0.2, 0) is 4.79 Å². The molecule has 7 nitrogen and oxygen atoms in total. The number of nitro groups is 1. The van der Waals surface area contributed by atoms with Crippen molar-refractivity contribution in [3.63, 3.8) is 0 Å². The molecule has 84 valence electrons. The fourth-order valence-electron chi connectivity index (χ4n) is 0.858. The first-order valence-corrected chi connectivity index (χ1v) is 4.33. The Morgan fingerprint density at radius 1 is 1.62 bits per heavy atom. The van der Waals surface area contributed by atoms with E-state index in [9.17, 15) is 14.9 Å². The molecule has 0 unspecified atom stereocenters. The van der Waals surface area contributed by atoms with Gasteiger partial charge in [-0.05, 0) is 13.0 Å². The zero-order valence-corrected chi connectivity index (χ0v) is 8.41. The Morgan fingerprint density at radius 2 is 2.38 bits per heavy atom. The predicted octanol–water partition coefficient (Wildman–Crippen LogP) is 1.21. The van der Waals surface area contributed by atoms with E-state index in [1.807, 2.05) is 0 Å². The van der Waals surface area contributed by atoms with Crippen molar-refractivity contribution in [2.45, 2.75) is 6.92 Å². The van der Waals surface area contributed by atoms with Gasteiger partial charge in [-0.3, -0.25) is 14.9 Å². The van der Waals surface area contributed by atoms with E-state index >= 15 is 0 Å². The summed E-state index contributed by atoms with van der Waals surface area (Å²) in [5.74, 6) is -0.575. The summed E-state index contributed by atoms with van der Waals surface area (Å²) >= 11 is 0. The fourth-order valence-corrected chi connectivity index (χ4v) is 0.858. The summed E-state index contributed by atoms with van der Waals surface area (Å²) in [5.41, 5.74) is 2.18. The second kappa shape index (κ2) is 5.44. The molecule has 0 aliphatic rings. The number of carbonyl (C=O) groups is 1. The summed E-state index contributed by atoms with van der Waals surface area (Å²) in [6.45, 7) is 1.69. The van der Waals surface area contributed by atoms with Crippen molar-refractivity contribution in [3.05, 3.63) is 40.2 Å². The molecule has 0 atom stereocenters. The summed E-state index contributed by atoms with van der Waals surface area (Å²) in [6, 6.07) is 2.58. The summed E-state index contributed by atoms with van der Waals surface area (Å²) in [4.78, 5) is 20.5. The molecule has 16 heavy (non-hydrogen) atoms. The highest BCUT2D eigenvalue weighted by atomic mass is 16.6. The van der Waals surface area contributed by atoms with Crippen LogP contribution < -0.4 is 5.43 Å². The lowest BCUT2D eigenvalue weighted by atomic mass is 10.5. The topological polar surface area (TPSA) is 97.7 Å². The highest BCUT2D eigenvalue weighted by molar-refractivity contribution is 5.88. The van der Waals surface area contributed by atoms with Crippen molar-refractivity contribution < 1.29 is 14.1 Å². The molecule has 1 heterocycles. The van der Waals surface area contributed by atoms with Gasteiger partial charge < -0.3 is 4.42 Å². The monoisotopic (exact) mass is 223 g/mol. The number of furan rings is 1. The molecule has 1 amide bonds. The van der Waals surface area contributed by atoms with Crippen LogP contribution in [-0.4, -0.2) is 17.0 Å². The largest absolute Gasteiger partial charge is 0.433 e. The third-order valence-corrected chi connectivity index (χ3v) is 1.48. The van der Waals surface area contributed by atoms with E-state index in [2.05, 4.69) is 10.5 Å². The number of hydrogen-bond donors (Lipinski definition) is 1. The molecule has 0 fully saturated rings. The Labute approximate surface area is 90.6 Å². The second-order valence-corrected chi connectivity index (χ2v) is 2.67. The van der Waals surface area contributed by atoms with E-state index in [0.29, 0.717) is 0 Å². The third-order valence-electron chi connectivity index (χ3n) is 1.48. The summed E-state index contributed by atoms with van der Waals surface area (Å²) < 4.78 is 4.77. The maximum atomic E-state index is 10.9. The predicted molar refractivity (Wildman–Crippen MR) is 55.9 cm³/mol. The molecule has 0 saturated heterocycles. The SMILES string of the molecule is C/C=C/C(=O)N/N=C/c1ccc([N+](=O)[O-])o1. The molecule has 1 aromatic heterocycles. The van der Waals surface area contributed by atoms with Crippen LogP contribution in [0.4, 0.5) is 5.88 Å². The number of hydrazone groups is 1. The van der Waals surface area contributed by atoms with Crippen LogP contribution in [0.15, 0.2) is 33.8 Å². The van der Waals surface area contributed by atoms with Crippen LogP contribution >= 0.6 is 0 Å². The van der Waals surface area contributed by atoms with Gasteiger partial charge in [0.2, 0.25) is 0 Å². The molecule has 0 aromatic carbocycles. The van der Waals surface area contributed by atoms with Crippen LogP contribution in [0.3, 0.4) is 0 Å². The number of carbonyl (C=O) groups excluding carboxylic acids is 1. The number of allylic oxidation sites excluding steroid dienone is 1. The molecule has 1 N–H and O–H groups in total. The van der Waals surface area contributed by atoms with Crippen molar-refractivity contribution in [1.82, 2.24) is 5.43 Å². The molecule has 7 heteroatoms. The number of amides is 1. The zero-order chi connectivity index (χ0) is 12.0. The molecule has 0 spiro atoms. The molecule has 0 bridgehead atoms. The van der Waals surface area contributed by atoms with Gasteiger partial charge in [-0.25, -0.2) is 5.43 Å². The maximum absolute atomic E-state index is 10.9. The molecular formula is C9H9N3O4. The van der Waals surface area contributed by atoms with E-state index in [4.69, 9.17) is 4.42 Å². The van der Waals surface area contributed by atoms with Gasteiger partial charge in [0, 0.05) is 6.08 Å². The van der Waals surface area contributed by atoms with Crippen LogP contribution in [0.2, 0.25) is 0 Å². The van der Waals surface area contributed by atoms with Crippen molar-refractivity contribution in [1.29, 1.82) is 0 Å². The van der Waals surface area contributed by atoms with E-state index < -0.39 is 4.92 Å². The first-order chi connectivity index (χ1) is 7.63. The van der Waals surface area contributed by atoms with Crippen LogP contribution in [0.5, 0.6) is 0 Å². The van der Waals surface area contributed by atoms with Crippen molar-refractivity contribution in [2.24, 2.45) is 5.10 Å². The molecule has 0 radical (unpaired) electrons. The Hall–Kier alpha value is -2.44. The lowest BCUT2D eigenvalue weighted by Gasteiger charge is -1.90. The number of nitrogens with one attached hydrogen (secondary N) is 1. The zero-order valence-electron chi connectivity index (χ0n) is 8.41. The van der Waals surface area contributed by atoms with Gasteiger partial charge >= 0.3 is 5.88 Å². The highest BCUT2D eigenvalue weighted by Crippen LogP contribution is 2.13. The highest BCUT2D eigenvalue weighted by Gasteiger charge is 2.09. The van der Waals surface area contributed by atoms with E-state index in [1.54, 1.807) is 13.0 Å². The Kier molecular flexibility index (Phi) is 3.96. The molecule has 0 aliphatic carbocycles. The minimum absolute atomic E-state index is 0.187. The standard InChI is InChI=1S/C9H9N3O4/c1-2-3-8(13)11-10-6-7-4-5-9(16-7)12(14)15/h2-6H,1H3,(H,11,13)/b3-2+,10-6+. The van der Waals surface area contributed by atoms with Crippen molar-refractivity contribution in [2.75, 3.05) is 0 Å². The average molecular weight is 223 g/mol. The quantitative estimate of drug-likeness (QED) is 0.359. The van der Waals surface area contributed by atoms with Crippen LogP contribution in [0, 0.1) is 10.1 Å². The van der Waals surface area contributed by atoms with Crippen molar-refractivity contribution >= 4 is 18.0 Å². The smallest absolute Gasteiger partial charge is 0.400 e. The summed E-state index contributed by atoms with van der Waals surface area (Å²) in [7, 11) is 0. The molecule has 0 saturated carbocycles.